The van der Waals surface area contributed by atoms with Gasteiger partial charge in [-0.05, 0) is 43.9 Å². The van der Waals surface area contributed by atoms with Gasteiger partial charge in [0.2, 0.25) is 5.91 Å². The van der Waals surface area contributed by atoms with Crippen LogP contribution in [0.2, 0.25) is 0 Å². The topological polar surface area (TPSA) is 50.8 Å². The zero-order valence-corrected chi connectivity index (χ0v) is 15.2. The van der Waals surface area contributed by atoms with Crippen LogP contribution in [-0.4, -0.2) is 51.2 Å². The van der Waals surface area contributed by atoms with Crippen molar-refractivity contribution < 1.29 is 18.7 Å². The van der Waals surface area contributed by atoms with Gasteiger partial charge >= 0.3 is 0 Å². The Balaban J connectivity index is 1.70. The molecule has 2 aromatic carbocycles. The van der Waals surface area contributed by atoms with E-state index in [2.05, 4.69) is 5.32 Å². The SMILES string of the molecule is CN(C)CCOc1cccc(CC(=O)NCCOc2cccc(F)c2)c1. The third kappa shape index (κ3) is 7.53. The lowest BCUT2D eigenvalue weighted by Crippen LogP contribution is -2.29. The number of nitrogens with zero attached hydrogens (tertiary/aromatic N) is 1. The van der Waals surface area contributed by atoms with Crippen molar-refractivity contribution >= 4 is 5.91 Å². The van der Waals surface area contributed by atoms with Crippen molar-refractivity contribution in [2.24, 2.45) is 0 Å². The number of hydrogen-bond donors (Lipinski definition) is 1. The summed E-state index contributed by atoms with van der Waals surface area (Å²) in [7, 11) is 3.98. The lowest BCUT2D eigenvalue weighted by atomic mass is 10.1. The molecule has 0 atom stereocenters. The minimum Gasteiger partial charge on any atom is -0.492 e. The van der Waals surface area contributed by atoms with E-state index in [0.717, 1.165) is 17.9 Å². The lowest BCUT2D eigenvalue weighted by Gasteiger charge is -2.12. The predicted octanol–water partition coefficient (Wildman–Crippen LogP) is 2.50. The molecule has 0 unspecified atom stereocenters. The highest BCUT2D eigenvalue weighted by atomic mass is 19.1. The molecule has 0 spiro atoms. The van der Waals surface area contributed by atoms with Crippen molar-refractivity contribution in [2.45, 2.75) is 6.42 Å². The first-order chi connectivity index (χ1) is 12.5. The highest BCUT2D eigenvalue weighted by molar-refractivity contribution is 5.78. The maximum Gasteiger partial charge on any atom is 0.224 e. The average molecular weight is 360 g/mol. The molecule has 0 aromatic heterocycles. The Bertz CT molecular complexity index is 707. The number of carbonyl (C=O) groups is 1. The van der Waals surface area contributed by atoms with E-state index < -0.39 is 0 Å². The van der Waals surface area contributed by atoms with Crippen LogP contribution in [-0.2, 0) is 11.2 Å². The van der Waals surface area contributed by atoms with Crippen LogP contribution in [0.25, 0.3) is 0 Å². The van der Waals surface area contributed by atoms with E-state index in [9.17, 15) is 9.18 Å². The van der Waals surface area contributed by atoms with E-state index in [1.165, 1.54) is 12.1 Å². The molecule has 6 heteroatoms. The first-order valence-electron chi connectivity index (χ1n) is 8.54. The number of likely N-dealkylation sites (N-methyl/N-ethyl adjacent to an activating group) is 1. The van der Waals surface area contributed by atoms with Crippen molar-refractivity contribution in [1.82, 2.24) is 10.2 Å². The van der Waals surface area contributed by atoms with Gasteiger partial charge in [0.25, 0.3) is 0 Å². The van der Waals surface area contributed by atoms with Crippen LogP contribution < -0.4 is 14.8 Å². The zero-order valence-electron chi connectivity index (χ0n) is 15.2. The molecular formula is C20H25FN2O3. The summed E-state index contributed by atoms with van der Waals surface area (Å²) in [6, 6.07) is 13.4. The van der Waals surface area contributed by atoms with Crippen LogP contribution >= 0.6 is 0 Å². The largest absolute Gasteiger partial charge is 0.492 e. The summed E-state index contributed by atoms with van der Waals surface area (Å²) in [5.74, 6) is 0.755. The van der Waals surface area contributed by atoms with Gasteiger partial charge in [0.1, 0.15) is 30.5 Å². The summed E-state index contributed by atoms with van der Waals surface area (Å²) < 4.78 is 24.1. The number of nitrogens with one attached hydrogen (secondary N) is 1. The molecule has 0 heterocycles. The molecule has 2 rings (SSSR count). The van der Waals surface area contributed by atoms with Crippen LogP contribution in [0.1, 0.15) is 5.56 Å². The molecule has 0 aliphatic rings. The Morgan fingerprint density at radius 3 is 2.46 bits per heavy atom. The van der Waals surface area contributed by atoms with E-state index in [0.29, 0.717) is 18.9 Å². The fraction of sp³-hybridized carbons (Fsp3) is 0.350. The van der Waals surface area contributed by atoms with E-state index >= 15 is 0 Å². The molecule has 0 fully saturated rings. The molecule has 140 valence electrons. The Labute approximate surface area is 153 Å². The van der Waals surface area contributed by atoms with Gasteiger partial charge in [0.05, 0.1) is 13.0 Å². The number of benzene rings is 2. The molecular weight excluding hydrogens is 335 g/mol. The van der Waals surface area contributed by atoms with Gasteiger partial charge in [-0.15, -0.1) is 0 Å². The normalized spacial score (nSPS) is 10.6. The minimum absolute atomic E-state index is 0.0988. The second-order valence-corrected chi connectivity index (χ2v) is 6.13. The average Bonchev–Trinajstić information content (AvgIpc) is 2.59. The second kappa shape index (κ2) is 10.4. The van der Waals surface area contributed by atoms with Gasteiger partial charge in [0, 0.05) is 12.6 Å². The summed E-state index contributed by atoms with van der Waals surface area (Å²) >= 11 is 0. The molecule has 0 saturated carbocycles. The third-order valence-electron chi connectivity index (χ3n) is 3.56. The van der Waals surface area contributed by atoms with Gasteiger partial charge in [0.15, 0.2) is 0 Å². The predicted molar refractivity (Wildman–Crippen MR) is 99.1 cm³/mol. The summed E-state index contributed by atoms with van der Waals surface area (Å²) in [6.07, 6.45) is 0.269. The molecule has 0 aliphatic carbocycles. The molecule has 0 aliphatic heterocycles. The Morgan fingerprint density at radius 1 is 1.04 bits per heavy atom. The summed E-state index contributed by atoms with van der Waals surface area (Å²) in [5.41, 5.74) is 0.885. The highest BCUT2D eigenvalue weighted by Crippen LogP contribution is 2.14. The fourth-order valence-electron chi connectivity index (χ4n) is 2.26. The Hall–Kier alpha value is -2.60. The van der Waals surface area contributed by atoms with E-state index in [1.54, 1.807) is 12.1 Å². The van der Waals surface area contributed by atoms with Crippen molar-refractivity contribution in [3.05, 3.63) is 59.9 Å². The van der Waals surface area contributed by atoms with Crippen molar-refractivity contribution in [2.75, 3.05) is 40.4 Å². The molecule has 26 heavy (non-hydrogen) atoms. The standard InChI is InChI=1S/C20H25FN2O3/c1-23(2)10-12-26-18-7-3-5-16(13-18)14-20(24)22-9-11-25-19-8-4-6-17(21)15-19/h3-8,13,15H,9-12,14H2,1-2H3,(H,22,24). The molecule has 5 nitrogen and oxygen atoms in total. The quantitative estimate of drug-likeness (QED) is 0.662. The zero-order chi connectivity index (χ0) is 18.8. The number of amides is 1. The number of ether oxygens (including phenoxy) is 2. The van der Waals surface area contributed by atoms with Gasteiger partial charge in [-0.25, -0.2) is 4.39 Å². The van der Waals surface area contributed by atoms with Crippen LogP contribution in [0.15, 0.2) is 48.5 Å². The lowest BCUT2D eigenvalue weighted by molar-refractivity contribution is -0.120. The van der Waals surface area contributed by atoms with E-state index in [4.69, 9.17) is 9.47 Å². The van der Waals surface area contributed by atoms with Crippen LogP contribution in [0.3, 0.4) is 0 Å². The third-order valence-corrected chi connectivity index (χ3v) is 3.56. The second-order valence-electron chi connectivity index (χ2n) is 6.13. The fourth-order valence-corrected chi connectivity index (χ4v) is 2.26. The minimum atomic E-state index is -0.348. The monoisotopic (exact) mass is 360 g/mol. The Morgan fingerprint density at radius 2 is 1.73 bits per heavy atom. The highest BCUT2D eigenvalue weighted by Gasteiger charge is 2.05. The molecule has 1 N–H and O–H groups in total. The van der Waals surface area contributed by atoms with Crippen molar-refractivity contribution in [3.63, 3.8) is 0 Å². The molecule has 0 bridgehead atoms. The van der Waals surface area contributed by atoms with E-state index in [1.807, 2.05) is 43.3 Å². The maximum absolute atomic E-state index is 13.0. The number of carbonyl (C=O) groups excluding carboxylic acids is 1. The van der Waals surface area contributed by atoms with Gasteiger partial charge in [-0.2, -0.15) is 0 Å². The summed E-state index contributed by atoms with van der Waals surface area (Å²) in [5, 5.41) is 2.79. The molecule has 1 amide bonds. The van der Waals surface area contributed by atoms with Gasteiger partial charge in [-0.1, -0.05) is 18.2 Å². The molecule has 0 saturated heterocycles. The van der Waals surface area contributed by atoms with Crippen LogP contribution in [0.4, 0.5) is 4.39 Å². The van der Waals surface area contributed by atoms with Gasteiger partial charge in [-0.3, -0.25) is 4.79 Å². The molecule has 2 aromatic rings. The summed E-state index contributed by atoms with van der Waals surface area (Å²) in [4.78, 5) is 14.1. The summed E-state index contributed by atoms with van der Waals surface area (Å²) in [6.45, 7) is 2.06. The molecule has 0 radical (unpaired) electrons. The van der Waals surface area contributed by atoms with Gasteiger partial charge < -0.3 is 19.7 Å². The van der Waals surface area contributed by atoms with Crippen LogP contribution in [0, 0.1) is 5.82 Å². The van der Waals surface area contributed by atoms with Crippen molar-refractivity contribution in [3.8, 4) is 11.5 Å². The smallest absolute Gasteiger partial charge is 0.224 e. The number of hydrogen-bond acceptors (Lipinski definition) is 4. The number of halogens is 1. The first-order valence-corrected chi connectivity index (χ1v) is 8.54. The van der Waals surface area contributed by atoms with Crippen molar-refractivity contribution in [1.29, 1.82) is 0 Å². The Kier molecular flexibility index (Phi) is 7.89. The number of rotatable bonds is 10. The van der Waals surface area contributed by atoms with Crippen LogP contribution in [0.5, 0.6) is 11.5 Å². The maximum atomic E-state index is 13.0. The first kappa shape index (κ1) is 19.7. The van der Waals surface area contributed by atoms with E-state index in [-0.39, 0.29) is 24.8 Å².